The second-order valence-corrected chi connectivity index (χ2v) is 9.77. The van der Waals surface area contributed by atoms with E-state index in [1.165, 1.54) is 11.9 Å². The maximum absolute atomic E-state index is 12.6. The number of halogens is 3. The maximum Gasteiger partial charge on any atom is 0.325 e. The number of carbonyl (C=O) groups excluding carboxylic acids is 3. The Labute approximate surface area is 179 Å². The lowest BCUT2D eigenvalue weighted by molar-refractivity contribution is -0.153. The molecule has 11 heteroatoms. The molecule has 2 amide bonds. The lowest BCUT2D eigenvalue weighted by Crippen LogP contribution is -2.60. The number of alkyl halides is 3. The van der Waals surface area contributed by atoms with Crippen molar-refractivity contribution in [2.75, 3.05) is 13.2 Å². The standard InChI is InChI=1S/C17H26Cl3N3O5/c1-10(21-14(25)13(24)11-5-2-3-6-11)15(26)23-8-4-7-12(22-23)16(27)28-9-17(18,19)20/h10-13,22,24H,2-9H2,1H3,(H,21,25)/t10-,12-,13-/m0/s1. The van der Waals surface area contributed by atoms with Crippen molar-refractivity contribution in [3.05, 3.63) is 0 Å². The molecule has 0 spiro atoms. The van der Waals surface area contributed by atoms with Crippen molar-refractivity contribution in [3.63, 3.8) is 0 Å². The van der Waals surface area contributed by atoms with Gasteiger partial charge in [0.05, 0.1) is 0 Å². The van der Waals surface area contributed by atoms with Gasteiger partial charge in [-0.1, -0.05) is 47.6 Å². The van der Waals surface area contributed by atoms with Crippen LogP contribution in [0.3, 0.4) is 0 Å². The highest BCUT2D eigenvalue weighted by Gasteiger charge is 2.34. The summed E-state index contributed by atoms with van der Waals surface area (Å²) in [5.74, 6) is -1.65. The minimum absolute atomic E-state index is 0.0625. The molecule has 1 aliphatic heterocycles. The molecule has 28 heavy (non-hydrogen) atoms. The normalized spacial score (nSPS) is 23.2. The zero-order chi connectivity index (χ0) is 20.9. The van der Waals surface area contributed by atoms with E-state index in [1.807, 2.05) is 0 Å². The van der Waals surface area contributed by atoms with Crippen LogP contribution in [0.4, 0.5) is 0 Å². The monoisotopic (exact) mass is 457 g/mol. The Bertz CT molecular complexity index is 581. The second-order valence-electron chi connectivity index (χ2n) is 7.26. The zero-order valence-corrected chi connectivity index (χ0v) is 17.9. The summed E-state index contributed by atoms with van der Waals surface area (Å²) in [6.07, 6.45) is 3.53. The Hall–Kier alpha value is -0.800. The van der Waals surface area contributed by atoms with Crippen LogP contribution in [0.1, 0.15) is 45.4 Å². The van der Waals surface area contributed by atoms with Crippen molar-refractivity contribution < 1.29 is 24.2 Å². The number of hydrogen-bond donors (Lipinski definition) is 3. The van der Waals surface area contributed by atoms with E-state index in [0.29, 0.717) is 19.4 Å². The summed E-state index contributed by atoms with van der Waals surface area (Å²) in [7, 11) is 0. The van der Waals surface area contributed by atoms with Gasteiger partial charge in [0.25, 0.3) is 5.91 Å². The average molecular weight is 459 g/mol. The number of hydrazine groups is 1. The Morgan fingerprint density at radius 3 is 2.46 bits per heavy atom. The van der Waals surface area contributed by atoms with Gasteiger partial charge in [-0.3, -0.25) is 19.4 Å². The molecule has 0 aromatic rings. The predicted octanol–water partition coefficient (Wildman–Crippen LogP) is 1.45. The highest BCUT2D eigenvalue weighted by atomic mass is 35.6. The van der Waals surface area contributed by atoms with Crippen molar-refractivity contribution in [1.29, 1.82) is 0 Å². The van der Waals surface area contributed by atoms with Crippen LogP contribution in [0.5, 0.6) is 0 Å². The number of aliphatic hydroxyl groups excluding tert-OH is 1. The van der Waals surface area contributed by atoms with Crippen LogP contribution in [0.15, 0.2) is 0 Å². The molecule has 1 heterocycles. The number of ether oxygens (including phenoxy) is 1. The molecule has 160 valence electrons. The van der Waals surface area contributed by atoms with E-state index in [1.54, 1.807) is 0 Å². The van der Waals surface area contributed by atoms with Crippen LogP contribution in [0, 0.1) is 5.92 Å². The van der Waals surface area contributed by atoms with Crippen LogP contribution in [-0.2, 0) is 19.1 Å². The first-order valence-corrected chi connectivity index (χ1v) is 10.5. The molecule has 0 bridgehead atoms. The highest BCUT2D eigenvalue weighted by molar-refractivity contribution is 6.67. The third-order valence-corrected chi connectivity index (χ3v) is 5.29. The number of hydrogen-bond acceptors (Lipinski definition) is 6. The minimum Gasteiger partial charge on any atom is -0.460 e. The third kappa shape index (κ3) is 6.91. The number of nitrogens with zero attached hydrogens (tertiary/aromatic N) is 1. The van der Waals surface area contributed by atoms with E-state index in [9.17, 15) is 19.5 Å². The topological polar surface area (TPSA) is 108 Å². The lowest BCUT2D eigenvalue weighted by Gasteiger charge is -2.34. The van der Waals surface area contributed by atoms with E-state index >= 15 is 0 Å². The van der Waals surface area contributed by atoms with Gasteiger partial charge < -0.3 is 15.2 Å². The van der Waals surface area contributed by atoms with Crippen molar-refractivity contribution in [1.82, 2.24) is 15.8 Å². The van der Waals surface area contributed by atoms with Gasteiger partial charge in [0.2, 0.25) is 9.70 Å². The number of rotatable bonds is 6. The summed E-state index contributed by atoms with van der Waals surface area (Å²) in [5.41, 5.74) is 2.79. The van der Waals surface area contributed by atoms with Crippen LogP contribution in [0.25, 0.3) is 0 Å². The fraction of sp³-hybridized carbons (Fsp3) is 0.824. The smallest absolute Gasteiger partial charge is 0.325 e. The van der Waals surface area contributed by atoms with Gasteiger partial charge in [-0.2, -0.15) is 0 Å². The summed E-state index contributed by atoms with van der Waals surface area (Å²) < 4.78 is 3.24. The predicted molar refractivity (Wildman–Crippen MR) is 105 cm³/mol. The number of carbonyl (C=O) groups is 3. The second kappa shape index (κ2) is 10.3. The number of nitrogens with one attached hydrogen (secondary N) is 2. The van der Waals surface area contributed by atoms with Crippen molar-refractivity contribution >= 4 is 52.6 Å². The lowest BCUT2D eigenvalue weighted by atomic mass is 10.00. The molecule has 1 aliphatic carbocycles. The van der Waals surface area contributed by atoms with E-state index in [2.05, 4.69) is 10.7 Å². The third-order valence-electron chi connectivity index (χ3n) is 4.96. The quantitative estimate of drug-likeness (QED) is 0.411. The van der Waals surface area contributed by atoms with Crippen LogP contribution >= 0.6 is 34.8 Å². The van der Waals surface area contributed by atoms with Gasteiger partial charge in [-0.15, -0.1) is 0 Å². The zero-order valence-electron chi connectivity index (χ0n) is 15.6. The van der Waals surface area contributed by atoms with Gasteiger partial charge in [0, 0.05) is 6.54 Å². The van der Waals surface area contributed by atoms with Crippen molar-refractivity contribution in [3.8, 4) is 0 Å². The molecule has 1 saturated heterocycles. The SMILES string of the molecule is C[C@H](NC(=O)[C@@H](O)C1CCCC1)C(=O)N1CCC[C@@H](C(=O)OCC(Cl)(Cl)Cl)N1. The fourth-order valence-corrected chi connectivity index (χ4v) is 3.61. The van der Waals surface area contributed by atoms with E-state index in [4.69, 9.17) is 39.5 Å². The van der Waals surface area contributed by atoms with Crippen molar-refractivity contribution in [2.45, 2.75) is 67.4 Å². The molecule has 0 radical (unpaired) electrons. The van der Waals surface area contributed by atoms with E-state index in [-0.39, 0.29) is 5.92 Å². The highest BCUT2D eigenvalue weighted by Crippen LogP contribution is 2.28. The first-order chi connectivity index (χ1) is 13.1. The fourth-order valence-electron chi connectivity index (χ4n) is 3.45. The van der Waals surface area contributed by atoms with Crippen molar-refractivity contribution in [2.24, 2.45) is 5.92 Å². The number of amides is 2. The first kappa shape index (κ1) is 23.5. The molecule has 1 saturated carbocycles. The first-order valence-electron chi connectivity index (χ1n) is 9.38. The number of esters is 1. The molecule has 2 aliphatic rings. The van der Waals surface area contributed by atoms with Crippen LogP contribution < -0.4 is 10.7 Å². The molecule has 3 atom stereocenters. The van der Waals surface area contributed by atoms with Gasteiger partial charge in [-0.25, -0.2) is 5.43 Å². The molecule has 0 unspecified atom stereocenters. The summed E-state index contributed by atoms with van der Waals surface area (Å²) >= 11 is 16.7. The molecule has 0 aromatic heterocycles. The Morgan fingerprint density at radius 2 is 1.86 bits per heavy atom. The molecule has 8 nitrogen and oxygen atoms in total. The molecular formula is C17H26Cl3N3O5. The average Bonchev–Trinajstić information content (AvgIpc) is 3.18. The van der Waals surface area contributed by atoms with Gasteiger partial charge in [0.1, 0.15) is 24.8 Å². The van der Waals surface area contributed by atoms with E-state index < -0.39 is 46.4 Å². The summed E-state index contributed by atoms with van der Waals surface area (Å²) in [5, 5.41) is 14.0. The maximum atomic E-state index is 12.6. The largest absolute Gasteiger partial charge is 0.460 e. The van der Waals surface area contributed by atoms with Gasteiger partial charge in [-0.05, 0) is 38.5 Å². The number of aliphatic hydroxyl groups is 1. The van der Waals surface area contributed by atoms with Crippen LogP contribution in [-0.4, -0.2) is 63.0 Å². The summed E-state index contributed by atoms with van der Waals surface area (Å²) in [6.45, 7) is 1.51. The molecule has 2 rings (SSSR count). The molecular weight excluding hydrogens is 433 g/mol. The molecule has 3 N–H and O–H groups in total. The van der Waals surface area contributed by atoms with Gasteiger partial charge in [0.15, 0.2) is 0 Å². The summed E-state index contributed by atoms with van der Waals surface area (Å²) in [4.78, 5) is 36.9. The molecule has 2 fully saturated rings. The summed E-state index contributed by atoms with van der Waals surface area (Å²) in [6, 6.07) is -1.61. The van der Waals surface area contributed by atoms with Crippen LogP contribution in [0.2, 0.25) is 0 Å². The Morgan fingerprint density at radius 1 is 1.21 bits per heavy atom. The Balaban J connectivity index is 1.84. The Kier molecular flexibility index (Phi) is 8.63. The minimum atomic E-state index is -1.71. The van der Waals surface area contributed by atoms with E-state index in [0.717, 1.165) is 25.7 Å². The van der Waals surface area contributed by atoms with Gasteiger partial charge >= 0.3 is 5.97 Å². The molecule has 0 aromatic carbocycles.